The van der Waals surface area contributed by atoms with Crippen LogP contribution in [0.2, 0.25) is 0 Å². The van der Waals surface area contributed by atoms with E-state index in [9.17, 15) is 43.5 Å². The molecule has 19 nitrogen and oxygen atoms in total. The molecule has 9 N–H and O–H groups in total. The molecule has 11 atom stereocenters. The number of nitrogens with zero attached hydrogens (tertiary/aromatic N) is 2. The fourth-order valence-corrected chi connectivity index (χ4v) is 10.5. The molecule has 2 saturated heterocycles. The highest BCUT2D eigenvalue weighted by molar-refractivity contribution is 5.96. The molecule has 2 heterocycles. The quantitative estimate of drug-likeness (QED) is 0.110. The Morgan fingerprint density at radius 2 is 0.986 bits per heavy atom. The Labute approximate surface area is 430 Å². The molecular weight excluding hydrogens is 933 g/mol. The van der Waals surface area contributed by atoms with E-state index >= 15 is 0 Å². The first kappa shape index (κ1) is 56.4. The summed E-state index contributed by atoms with van der Waals surface area (Å²) in [6, 6.07) is 8.31. The van der Waals surface area contributed by atoms with Crippen molar-refractivity contribution in [1.82, 2.24) is 52.3 Å². The van der Waals surface area contributed by atoms with Gasteiger partial charge >= 0.3 is 0 Å². The van der Waals surface area contributed by atoms with Crippen LogP contribution in [-0.2, 0) is 51.2 Å². The van der Waals surface area contributed by atoms with Gasteiger partial charge in [-0.2, -0.15) is 0 Å². The number of carbonyl (C=O) groups excluding carboxylic acids is 8. The lowest BCUT2D eigenvalue weighted by Crippen LogP contribution is -2.59. The van der Waals surface area contributed by atoms with Gasteiger partial charge in [0.1, 0.15) is 30.3 Å². The second-order valence-electron chi connectivity index (χ2n) is 22.6. The predicted octanol–water partition coefficient (Wildman–Crippen LogP) is 1.57. The van der Waals surface area contributed by atoms with Gasteiger partial charge in [0, 0.05) is 25.2 Å². The molecule has 0 bridgehead atoms. The van der Waals surface area contributed by atoms with Crippen molar-refractivity contribution in [3.8, 4) is 0 Å². The molecular formula is C54H80N10O9. The minimum Gasteiger partial charge on any atom is -0.383 e. The van der Waals surface area contributed by atoms with Gasteiger partial charge in [0.05, 0.1) is 30.6 Å². The summed E-state index contributed by atoms with van der Waals surface area (Å²) in [4.78, 5) is 114. The van der Waals surface area contributed by atoms with E-state index in [-0.39, 0.29) is 38.0 Å². The van der Waals surface area contributed by atoms with E-state index < -0.39 is 119 Å². The van der Waals surface area contributed by atoms with Gasteiger partial charge in [0.25, 0.3) is 0 Å². The maximum Gasteiger partial charge on any atom is 0.249 e. The maximum absolute atomic E-state index is 14.6. The molecule has 0 spiro atoms. The molecule has 6 rings (SSSR count). The van der Waals surface area contributed by atoms with E-state index in [1.165, 1.54) is 9.80 Å². The number of nitrogens with one attached hydrogen (secondary N) is 8. The fourth-order valence-electron chi connectivity index (χ4n) is 10.5. The standard InChI is InChI=1S/C54H80N10O9/c1-30(55-9)46(67)61-44(53(3,4)5)51(72)63-28-34(25-40(63)48(69)59-38-23-15-19-32-17-11-13-21-36(32)38)57-43(66)27-42(65)50(71)58-35-26-41(49(70)60-39-24-16-20-33-18-12-14-22-37(33)39)64(29-35)52(73)45(54(6,7)8)62-47(68)31(2)56-10/h11-14,17-18,21-22,30-31,34-35,38-42,44-45,55-56,65H,15-16,19-20,23-29H2,1-10H3,(H,57,66)(H,58,71)(H,59,69)(H,60,70)(H,61,67)(H,62,68)/t30-,31-,34-,35-,38+,39+,40-,41?,42?,44+,45?/m0/s1. The Hall–Kier alpha value is -5.92. The Balaban J connectivity index is 1.16. The summed E-state index contributed by atoms with van der Waals surface area (Å²) in [6.07, 6.45) is 2.40. The first-order valence-corrected chi connectivity index (χ1v) is 26.0. The molecule has 0 saturated carbocycles. The van der Waals surface area contributed by atoms with Crippen molar-refractivity contribution in [1.29, 1.82) is 0 Å². The Morgan fingerprint density at radius 3 is 1.38 bits per heavy atom. The Morgan fingerprint density at radius 1 is 0.589 bits per heavy atom. The summed E-state index contributed by atoms with van der Waals surface area (Å²) in [6.45, 7) is 14.0. The van der Waals surface area contributed by atoms with Crippen LogP contribution in [0.25, 0.3) is 0 Å². The third-order valence-corrected chi connectivity index (χ3v) is 15.0. The van der Waals surface area contributed by atoms with Crippen LogP contribution in [0, 0.1) is 10.8 Å². The summed E-state index contributed by atoms with van der Waals surface area (Å²) in [5.74, 6) is -4.23. The zero-order valence-electron chi connectivity index (χ0n) is 44.4. The van der Waals surface area contributed by atoms with E-state index in [0.717, 1.165) is 47.9 Å². The largest absolute Gasteiger partial charge is 0.383 e. The number of hydrogen-bond acceptors (Lipinski definition) is 11. The van der Waals surface area contributed by atoms with Gasteiger partial charge in [-0.15, -0.1) is 0 Å². The van der Waals surface area contributed by atoms with Gasteiger partial charge in [0.2, 0.25) is 47.3 Å². The lowest BCUT2D eigenvalue weighted by atomic mass is 9.85. The van der Waals surface area contributed by atoms with E-state index in [4.69, 9.17) is 0 Å². The molecule has 2 fully saturated rings. The predicted molar refractivity (Wildman–Crippen MR) is 275 cm³/mol. The smallest absolute Gasteiger partial charge is 0.249 e. The molecule has 2 aliphatic heterocycles. The van der Waals surface area contributed by atoms with Gasteiger partial charge in [-0.25, -0.2) is 0 Å². The van der Waals surface area contributed by atoms with Crippen LogP contribution in [0.1, 0.15) is 135 Å². The minimum atomic E-state index is -1.85. The summed E-state index contributed by atoms with van der Waals surface area (Å²) in [7, 11) is 3.27. The Kier molecular flexibility index (Phi) is 18.5. The molecule has 4 aliphatic rings. The highest BCUT2D eigenvalue weighted by Gasteiger charge is 2.48. The highest BCUT2D eigenvalue weighted by atomic mass is 16.3. The molecule has 400 valence electrons. The number of rotatable bonds is 17. The monoisotopic (exact) mass is 1010 g/mol. The van der Waals surface area contributed by atoms with Crippen molar-refractivity contribution in [2.24, 2.45) is 10.8 Å². The molecule has 0 radical (unpaired) electrons. The molecule has 2 aromatic rings. The van der Waals surface area contributed by atoms with Crippen LogP contribution >= 0.6 is 0 Å². The number of likely N-dealkylation sites (N-methyl/N-ethyl adjacent to an activating group) is 2. The van der Waals surface area contributed by atoms with Crippen molar-refractivity contribution in [3.63, 3.8) is 0 Å². The number of aryl methyl sites for hydroxylation is 2. The molecule has 19 heteroatoms. The van der Waals surface area contributed by atoms with Crippen LogP contribution in [0.3, 0.4) is 0 Å². The van der Waals surface area contributed by atoms with Gasteiger partial charge in [-0.1, -0.05) is 90.1 Å². The van der Waals surface area contributed by atoms with Crippen molar-refractivity contribution in [2.45, 2.75) is 180 Å². The number of benzene rings is 2. The van der Waals surface area contributed by atoms with Gasteiger partial charge in [-0.05, 0) is 112 Å². The number of likely N-dealkylation sites (tertiary alicyclic amines) is 2. The number of hydrogen-bond donors (Lipinski definition) is 9. The number of amides is 8. The van der Waals surface area contributed by atoms with Gasteiger partial charge < -0.3 is 57.4 Å². The van der Waals surface area contributed by atoms with Crippen molar-refractivity contribution >= 4 is 47.3 Å². The SMILES string of the molecule is CN[C@@H](C)C(=O)NC(C(=O)N1C[C@@H](NC(=O)C(O)CC(=O)N[C@H]2C[C@@H](C(=O)N[C@@H]3CCCc4ccccc43)N(C(=O)[C@@H](NC(=O)[C@H](C)NC)C(C)(C)C)C2)CC1C(=O)N[C@@H]1CCCc2ccccc21)C(C)(C)C. The van der Waals surface area contributed by atoms with Crippen LogP contribution in [0.5, 0.6) is 0 Å². The number of aliphatic hydroxyl groups excluding tert-OH is 1. The average Bonchev–Trinajstić information content (AvgIpc) is 3.98. The summed E-state index contributed by atoms with van der Waals surface area (Å²) in [5, 5.41) is 34.7. The normalized spacial score (nSPS) is 23.8. The van der Waals surface area contributed by atoms with Crippen LogP contribution in [0.4, 0.5) is 0 Å². The zero-order chi connectivity index (χ0) is 53.5. The average molecular weight is 1010 g/mol. The van der Waals surface area contributed by atoms with E-state index in [2.05, 4.69) is 42.5 Å². The van der Waals surface area contributed by atoms with E-state index in [0.29, 0.717) is 12.8 Å². The first-order valence-electron chi connectivity index (χ1n) is 26.0. The van der Waals surface area contributed by atoms with Crippen molar-refractivity contribution in [3.05, 3.63) is 70.8 Å². The molecule has 8 amide bonds. The second kappa shape index (κ2) is 24.0. The first-order chi connectivity index (χ1) is 34.4. The summed E-state index contributed by atoms with van der Waals surface area (Å²) >= 11 is 0. The van der Waals surface area contributed by atoms with Crippen LogP contribution in [-0.4, -0.2) is 144 Å². The number of carbonyl (C=O) groups is 8. The lowest BCUT2D eigenvalue weighted by Gasteiger charge is -2.36. The Bertz CT molecular complexity index is 2370. The van der Waals surface area contributed by atoms with Crippen LogP contribution in [0.15, 0.2) is 48.5 Å². The molecule has 2 aromatic carbocycles. The number of aliphatic hydroxyl groups is 1. The third-order valence-electron chi connectivity index (χ3n) is 15.0. The van der Waals surface area contributed by atoms with Gasteiger partial charge in [0.15, 0.2) is 0 Å². The minimum absolute atomic E-state index is 0.0000387. The highest BCUT2D eigenvalue weighted by Crippen LogP contribution is 2.34. The van der Waals surface area contributed by atoms with Crippen molar-refractivity contribution < 1.29 is 43.5 Å². The number of fused-ring (bicyclic) bond motifs is 2. The zero-order valence-corrected chi connectivity index (χ0v) is 44.4. The lowest BCUT2D eigenvalue weighted by molar-refractivity contribution is -0.144. The molecule has 73 heavy (non-hydrogen) atoms. The fraction of sp³-hybridized carbons (Fsp3) is 0.630. The molecule has 0 aromatic heterocycles. The summed E-state index contributed by atoms with van der Waals surface area (Å²) < 4.78 is 0. The van der Waals surface area contributed by atoms with E-state index in [1.807, 2.05) is 90.1 Å². The third kappa shape index (κ3) is 13.8. The molecule has 3 unspecified atom stereocenters. The second-order valence-corrected chi connectivity index (χ2v) is 22.6. The van der Waals surface area contributed by atoms with Gasteiger partial charge in [-0.3, -0.25) is 38.4 Å². The maximum atomic E-state index is 14.6. The topological polar surface area (TPSA) is 260 Å². The van der Waals surface area contributed by atoms with Crippen LogP contribution < -0.4 is 42.5 Å². The summed E-state index contributed by atoms with van der Waals surface area (Å²) in [5.41, 5.74) is 2.74. The van der Waals surface area contributed by atoms with E-state index in [1.54, 1.807) is 27.9 Å². The van der Waals surface area contributed by atoms with Crippen molar-refractivity contribution in [2.75, 3.05) is 27.2 Å². The molecule has 2 aliphatic carbocycles.